The molecule has 0 N–H and O–H groups in total. The van der Waals surface area contributed by atoms with Gasteiger partial charge in [0.25, 0.3) is 0 Å². The van der Waals surface area contributed by atoms with Gasteiger partial charge in [-0.25, -0.2) is 0 Å². The highest BCUT2D eigenvalue weighted by Gasteiger charge is 2.37. The fourth-order valence-corrected chi connectivity index (χ4v) is 3.56. The first-order valence-electron chi connectivity index (χ1n) is 8.13. The molecule has 1 aliphatic rings. The van der Waals surface area contributed by atoms with Crippen LogP contribution in [0.2, 0.25) is 0 Å². The normalized spacial score (nSPS) is 14.7. The molecule has 0 saturated heterocycles. The maximum absolute atomic E-state index is 13.6. The average Bonchev–Trinajstić information content (AvgIpc) is 2.93. The first-order valence-corrected chi connectivity index (χ1v) is 8.13. The summed E-state index contributed by atoms with van der Waals surface area (Å²) in [5, 5.41) is 0.305. The number of alkyl halides is 3. The number of aldehydes is 1. The van der Waals surface area contributed by atoms with Crippen LogP contribution in [0.4, 0.5) is 13.2 Å². The number of nitrogens with zero attached hydrogens (tertiary/aromatic N) is 1. The van der Waals surface area contributed by atoms with Gasteiger partial charge in [0, 0.05) is 23.6 Å². The minimum atomic E-state index is -4.58. The summed E-state index contributed by atoms with van der Waals surface area (Å²) in [5.41, 5.74) is 0.609. The minimum absolute atomic E-state index is 0.135. The third kappa shape index (κ3) is 2.64. The number of benzene rings is 1. The summed E-state index contributed by atoms with van der Waals surface area (Å²) >= 11 is 0. The number of aryl methyl sites for hydroxylation is 2. The van der Waals surface area contributed by atoms with Crippen LogP contribution in [-0.4, -0.2) is 16.8 Å². The van der Waals surface area contributed by atoms with Gasteiger partial charge in [-0.15, -0.1) is 0 Å². The minimum Gasteiger partial charge on any atom is -0.298 e. The quantitative estimate of drug-likeness (QED) is 0.755. The zero-order valence-corrected chi connectivity index (χ0v) is 13.4. The first-order chi connectivity index (χ1) is 11.4. The second-order valence-corrected chi connectivity index (χ2v) is 6.21. The highest BCUT2D eigenvalue weighted by atomic mass is 19.4. The lowest BCUT2D eigenvalue weighted by Crippen LogP contribution is -2.15. The van der Waals surface area contributed by atoms with Crippen LogP contribution < -0.4 is 0 Å². The number of fused-ring (bicyclic) bond motifs is 3. The molecular weight excluding hydrogens is 319 g/mol. The predicted octanol–water partition coefficient (Wildman–Crippen LogP) is 4.79. The van der Waals surface area contributed by atoms with Crippen molar-refractivity contribution in [2.24, 2.45) is 0 Å². The second-order valence-electron chi connectivity index (χ2n) is 6.21. The molecule has 0 bridgehead atoms. The summed E-state index contributed by atoms with van der Waals surface area (Å²) in [6.45, 7) is 1.79. The van der Waals surface area contributed by atoms with E-state index in [9.17, 15) is 22.8 Å². The van der Waals surface area contributed by atoms with Gasteiger partial charge in [-0.05, 0) is 49.3 Å². The number of halogens is 3. The smallest absolute Gasteiger partial charge is 0.298 e. The zero-order valence-electron chi connectivity index (χ0n) is 13.4. The first kappa shape index (κ1) is 16.7. The molecule has 3 rings (SSSR count). The van der Waals surface area contributed by atoms with Gasteiger partial charge in [-0.3, -0.25) is 14.2 Å². The Morgan fingerprint density at radius 3 is 2.62 bits per heavy atom. The predicted molar refractivity (Wildman–Crippen MR) is 84.5 cm³/mol. The Hall–Kier alpha value is -2.11. The van der Waals surface area contributed by atoms with Gasteiger partial charge in [0.05, 0.1) is 11.1 Å². The van der Waals surface area contributed by atoms with E-state index in [2.05, 4.69) is 0 Å². The van der Waals surface area contributed by atoms with Crippen LogP contribution in [0.15, 0.2) is 12.3 Å². The Morgan fingerprint density at radius 2 is 2.00 bits per heavy atom. The maximum atomic E-state index is 13.6. The molecule has 0 unspecified atom stereocenters. The van der Waals surface area contributed by atoms with Crippen molar-refractivity contribution in [1.29, 1.82) is 0 Å². The Bertz CT molecular complexity index is 818. The Labute approximate surface area is 137 Å². The molecule has 1 aliphatic carbocycles. The van der Waals surface area contributed by atoms with Crippen LogP contribution in [0, 0.1) is 0 Å². The van der Waals surface area contributed by atoms with Crippen molar-refractivity contribution in [3.63, 3.8) is 0 Å². The topological polar surface area (TPSA) is 39.1 Å². The van der Waals surface area contributed by atoms with Crippen molar-refractivity contribution >= 4 is 23.1 Å². The molecule has 2 aromatic rings. The van der Waals surface area contributed by atoms with Crippen molar-refractivity contribution in [2.45, 2.75) is 51.6 Å². The van der Waals surface area contributed by atoms with Crippen LogP contribution >= 0.6 is 0 Å². The van der Waals surface area contributed by atoms with Gasteiger partial charge >= 0.3 is 6.18 Å². The number of rotatable bonds is 3. The van der Waals surface area contributed by atoms with Gasteiger partial charge in [-0.2, -0.15) is 13.2 Å². The van der Waals surface area contributed by atoms with E-state index in [0.29, 0.717) is 36.5 Å². The van der Waals surface area contributed by atoms with Gasteiger partial charge in [0.2, 0.25) is 5.91 Å². The molecule has 0 radical (unpaired) electrons. The molecule has 3 nitrogen and oxygen atoms in total. The van der Waals surface area contributed by atoms with Crippen molar-refractivity contribution in [3.8, 4) is 0 Å². The summed E-state index contributed by atoms with van der Waals surface area (Å²) in [5.74, 6) is -0.420. The summed E-state index contributed by atoms with van der Waals surface area (Å²) in [6, 6.07) is 1.17. The number of carbonyl (C=O) groups is 2. The summed E-state index contributed by atoms with van der Waals surface area (Å²) in [7, 11) is 0. The maximum Gasteiger partial charge on any atom is 0.418 e. The van der Waals surface area contributed by atoms with E-state index < -0.39 is 17.6 Å². The standard InChI is InChI=1S/C18H18F3NO2/c1-2-5-15(24)22-9-12(10-23)16-13-7-4-3-6-11(13)8-14(17(16)22)18(19,20)21/h8-10H,2-7H2,1H3. The molecule has 6 heteroatoms. The number of hydrogen-bond donors (Lipinski definition) is 0. The fraction of sp³-hybridized carbons (Fsp3) is 0.444. The Kier molecular flexibility index (Phi) is 4.24. The molecule has 0 fully saturated rings. The molecule has 128 valence electrons. The summed E-state index contributed by atoms with van der Waals surface area (Å²) in [6.07, 6.45) is 0.817. The monoisotopic (exact) mass is 337 g/mol. The molecule has 0 aliphatic heterocycles. The van der Waals surface area contributed by atoms with E-state index >= 15 is 0 Å². The van der Waals surface area contributed by atoms with Crippen LogP contribution in [0.25, 0.3) is 10.9 Å². The highest BCUT2D eigenvalue weighted by molar-refractivity contribution is 6.06. The lowest BCUT2D eigenvalue weighted by atomic mass is 9.86. The van der Waals surface area contributed by atoms with E-state index in [1.165, 1.54) is 12.3 Å². The van der Waals surface area contributed by atoms with Crippen molar-refractivity contribution < 1.29 is 22.8 Å². The molecule has 1 aromatic heterocycles. The zero-order chi connectivity index (χ0) is 17.5. The van der Waals surface area contributed by atoms with E-state index in [0.717, 1.165) is 23.0 Å². The Morgan fingerprint density at radius 1 is 1.29 bits per heavy atom. The fourth-order valence-electron chi connectivity index (χ4n) is 3.56. The molecule has 24 heavy (non-hydrogen) atoms. The third-order valence-corrected chi connectivity index (χ3v) is 4.59. The van der Waals surface area contributed by atoms with E-state index in [-0.39, 0.29) is 17.5 Å². The van der Waals surface area contributed by atoms with Crippen molar-refractivity contribution in [3.05, 3.63) is 34.5 Å². The highest BCUT2D eigenvalue weighted by Crippen LogP contribution is 2.41. The molecule has 1 heterocycles. The lowest BCUT2D eigenvalue weighted by molar-refractivity contribution is -0.136. The lowest BCUT2D eigenvalue weighted by Gasteiger charge is -2.21. The number of aromatic nitrogens is 1. The van der Waals surface area contributed by atoms with Crippen LogP contribution in [0.5, 0.6) is 0 Å². The SMILES string of the molecule is CCCC(=O)n1cc(C=O)c2c3c(cc(C(F)(F)F)c21)CCCC3. The number of carbonyl (C=O) groups excluding carboxylic acids is 2. The largest absolute Gasteiger partial charge is 0.418 e. The van der Waals surface area contributed by atoms with Crippen molar-refractivity contribution in [1.82, 2.24) is 4.57 Å². The second kappa shape index (κ2) is 6.07. The summed E-state index contributed by atoms with van der Waals surface area (Å²) < 4.78 is 41.9. The Balaban J connectivity index is 2.42. The number of hydrogen-bond acceptors (Lipinski definition) is 2. The van der Waals surface area contributed by atoms with Gasteiger partial charge in [0.15, 0.2) is 6.29 Å². The van der Waals surface area contributed by atoms with Gasteiger partial charge < -0.3 is 0 Å². The van der Waals surface area contributed by atoms with Crippen LogP contribution in [0.3, 0.4) is 0 Å². The van der Waals surface area contributed by atoms with Crippen molar-refractivity contribution in [2.75, 3.05) is 0 Å². The molecule has 1 aromatic carbocycles. The molecular formula is C18H18F3NO2. The van der Waals surface area contributed by atoms with Gasteiger partial charge in [-0.1, -0.05) is 6.92 Å². The molecule has 0 saturated carbocycles. The molecule has 0 amide bonds. The third-order valence-electron chi connectivity index (χ3n) is 4.59. The van der Waals surface area contributed by atoms with E-state index in [1.807, 2.05) is 0 Å². The van der Waals surface area contributed by atoms with Gasteiger partial charge in [0.1, 0.15) is 0 Å². The molecule has 0 spiro atoms. The summed E-state index contributed by atoms with van der Waals surface area (Å²) in [4.78, 5) is 23.8. The average molecular weight is 337 g/mol. The van der Waals surface area contributed by atoms with Crippen LogP contribution in [0.1, 0.15) is 64.4 Å². The van der Waals surface area contributed by atoms with Crippen LogP contribution in [-0.2, 0) is 19.0 Å². The van der Waals surface area contributed by atoms with E-state index in [4.69, 9.17) is 0 Å². The molecule has 0 atom stereocenters. The van der Waals surface area contributed by atoms with E-state index in [1.54, 1.807) is 6.92 Å².